The fourth-order valence-corrected chi connectivity index (χ4v) is 4.39. The van der Waals surface area contributed by atoms with Crippen molar-refractivity contribution in [3.05, 3.63) is 54.2 Å². The highest BCUT2D eigenvalue weighted by Crippen LogP contribution is 2.33. The molecule has 0 spiro atoms. The number of fused-ring (bicyclic) bond motifs is 1. The molecule has 0 atom stereocenters. The highest BCUT2D eigenvalue weighted by Gasteiger charge is 2.22. The zero-order chi connectivity index (χ0) is 23.8. The molecule has 1 fully saturated rings. The topological polar surface area (TPSA) is 116 Å². The maximum Gasteiger partial charge on any atom is 0.407 e. The lowest BCUT2D eigenvalue weighted by Crippen LogP contribution is -2.48. The average Bonchev–Trinajstić information content (AvgIpc) is 3.46. The summed E-state index contributed by atoms with van der Waals surface area (Å²) in [5.41, 5.74) is 5.87. The smallest absolute Gasteiger partial charge is 0.407 e. The molecule has 1 N–H and O–H groups in total. The van der Waals surface area contributed by atoms with Gasteiger partial charge in [0.05, 0.1) is 23.0 Å². The Hall–Kier alpha value is -4.39. The Kier molecular flexibility index (Phi) is 5.37. The van der Waals surface area contributed by atoms with Crippen molar-refractivity contribution in [3.63, 3.8) is 0 Å². The zero-order valence-electron chi connectivity index (χ0n) is 19.0. The Morgan fingerprint density at radius 1 is 1.12 bits per heavy atom. The van der Waals surface area contributed by atoms with E-state index in [0.29, 0.717) is 31.7 Å². The molecule has 4 aromatic heterocycles. The fourth-order valence-electron chi connectivity index (χ4n) is 4.39. The van der Waals surface area contributed by atoms with Crippen LogP contribution in [0.5, 0.6) is 0 Å². The molecule has 172 valence electrons. The van der Waals surface area contributed by atoms with Crippen LogP contribution in [0.25, 0.3) is 27.8 Å². The van der Waals surface area contributed by atoms with Gasteiger partial charge in [0, 0.05) is 73.6 Å². The van der Waals surface area contributed by atoms with Crippen LogP contribution in [0.3, 0.4) is 0 Å². The first kappa shape index (κ1) is 21.5. The summed E-state index contributed by atoms with van der Waals surface area (Å²) in [7, 11) is 0. The van der Waals surface area contributed by atoms with Crippen molar-refractivity contribution < 1.29 is 9.90 Å². The number of rotatable bonds is 4. The van der Waals surface area contributed by atoms with Gasteiger partial charge in [0.25, 0.3) is 0 Å². The lowest BCUT2D eigenvalue weighted by atomic mass is 10.0. The molecule has 10 heteroatoms. The van der Waals surface area contributed by atoms with Gasteiger partial charge in [0.15, 0.2) is 0 Å². The molecule has 0 saturated carbocycles. The molecular weight excluding hydrogens is 432 g/mol. The number of nitrogens with zero attached hydrogens (tertiary/aromatic N) is 8. The second kappa shape index (κ2) is 8.51. The number of hydrogen-bond donors (Lipinski definition) is 1. The number of amides is 1. The molecule has 1 amide bonds. The molecular formula is C24H24N8O2. The van der Waals surface area contributed by atoms with Crippen molar-refractivity contribution in [3.8, 4) is 28.3 Å². The zero-order valence-corrected chi connectivity index (χ0v) is 19.0. The summed E-state index contributed by atoms with van der Waals surface area (Å²) in [4.78, 5) is 19.3. The van der Waals surface area contributed by atoms with Gasteiger partial charge in [-0.1, -0.05) is 0 Å². The van der Waals surface area contributed by atoms with Gasteiger partial charge in [-0.05, 0) is 32.0 Å². The predicted molar refractivity (Wildman–Crippen MR) is 127 cm³/mol. The quantitative estimate of drug-likeness (QED) is 0.501. The normalized spacial score (nSPS) is 13.9. The van der Waals surface area contributed by atoms with Gasteiger partial charge in [0.1, 0.15) is 11.9 Å². The van der Waals surface area contributed by atoms with E-state index < -0.39 is 6.09 Å². The molecule has 10 nitrogen and oxygen atoms in total. The SMILES string of the molecule is CCn1cc(-c2cc(-c3ccc(N4CCN(C(=O)O)CC4)nc3)c3c(C#N)cnn3c2)c(C)n1. The number of carbonyl (C=O) groups is 1. The van der Waals surface area contributed by atoms with Crippen LogP contribution in [0.2, 0.25) is 0 Å². The van der Waals surface area contributed by atoms with Gasteiger partial charge in [-0.3, -0.25) is 4.68 Å². The summed E-state index contributed by atoms with van der Waals surface area (Å²) in [6.07, 6.45) is 6.43. The van der Waals surface area contributed by atoms with E-state index in [4.69, 9.17) is 5.11 Å². The molecule has 34 heavy (non-hydrogen) atoms. The molecule has 5 rings (SSSR count). The van der Waals surface area contributed by atoms with Gasteiger partial charge in [-0.2, -0.15) is 15.5 Å². The van der Waals surface area contributed by atoms with Gasteiger partial charge in [-0.25, -0.2) is 14.3 Å². The monoisotopic (exact) mass is 456 g/mol. The summed E-state index contributed by atoms with van der Waals surface area (Å²) < 4.78 is 3.64. The van der Waals surface area contributed by atoms with Crippen molar-refractivity contribution in [2.24, 2.45) is 0 Å². The van der Waals surface area contributed by atoms with Crippen molar-refractivity contribution in [1.82, 2.24) is 29.3 Å². The molecule has 0 bridgehead atoms. The molecule has 0 radical (unpaired) electrons. The Balaban J connectivity index is 1.53. The first-order chi connectivity index (χ1) is 16.5. The van der Waals surface area contributed by atoms with E-state index >= 15 is 0 Å². The van der Waals surface area contributed by atoms with E-state index in [2.05, 4.69) is 32.2 Å². The van der Waals surface area contributed by atoms with Crippen LogP contribution in [0, 0.1) is 18.3 Å². The molecule has 0 unspecified atom stereocenters. The molecule has 0 aliphatic carbocycles. The molecule has 0 aromatic carbocycles. The van der Waals surface area contributed by atoms with Gasteiger partial charge < -0.3 is 14.9 Å². The summed E-state index contributed by atoms with van der Waals surface area (Å²) in [5, 5.41) is 27.8. The Morgan fingerprint density at radius 3 is 2.53 bits per heavy atom. The van der Waals surface area contributed by atoms with Crippen LogP contribution in [0.4, 0.5) is 10.6 Å². The lowest BCUT2D eigenvalue weighted by Gasteiger charge is -2.33. The molecule has 5 heterocycles. The van der Waals surface area contributed by atoms with Crippen LogP contribution < -0.4 is 4.90 Å². The third kappa shape index (κ3) is 3.71. The first-order valence-electron chi connectivity index (χ1n) is 11.1. The van der Waals surface area contributed by atoms with Gasteiger partial charge in [0.2, 0.25) is 0 Å². The highest BCUT2D eigenvalue weighted by atomic mass is 16.4. The number of aryl methyl sites for hydroxylation is 2. The summed E-state index contributed by atoms with van der Waals surface area (Å²) in [5.74, 6) is 0.801. The van der Waals surface area contributed by atoms with E-state index in [9.17, 15) is 10.1 Å². The molecule has 1 aliphatic heterocycles. The van der Waals surface area contributed by atoms with Gasteiger partial charge in [-0.15, -0.1) is 0 Å². The number of aromatic nitrogens is 5. The standard InChI is InChI=1S/C24H24N8O2/c1-3-31-15-21(16(2)28-31)18-10-20(23-19(11-25)13-27-32(23)14-18)17-4-5-22(26-12-17)29-6-8-30(9-7-29)24(33)34/h4-5,10,12-15H,3,6-9H2,1-2H3,(H,33,34). The second-order valence-corrected chi connectivity index (χ2v) is 8.25. The predicted octanol–water partition coefficient (Wildman–Crippen LogP) is 3.26. The molecule has 1 saturated heterocycles. The Labute approximate surface area is 196 Å². The van der Waals surface area contributed by atoms with Crippen molar-refractivity contribution >= 4 is 17.4 Å². The van der Waals surface area contributed by atoms with E-state index in [-0.39, 0.29) is 0 Å². The van der Waals surface area contributed by atoms with E-state index in [1.165, 1.54) is 4.90 Å². The van der Waals surface area contributed by atoms with Crippen LogP contribution in [0.1, 0.15) is 18.2 Å². The number of piperazine rings is 1. The maximum absolute atomic E-state index is 11.2. The van der Waals surface area contributed by atoms with E-state index in [1.807, 2.05) is 43.1 Å². The minimum Gasteiger partial charge on any atom is -0.465 e. The maximum atomic E-state index is 11.2. The number of nitriles is 1. The first-order valence-corrected chi connectivity index (χ1v) is 11.1. The van der Waals surface area contributed by atoms with Crippen LogP contribution in [-0.2, 0) is 6.54 Å². The van der Waals surface area contributed by atoms with E-state index in [0.717, 1.165) is 45.8 Å². The highest BCUT2D eigenvalue weighted by molar-refractivity contribution is 5.87. The van der Waals surface area contributed by atoms with Crippen molar-refractivity contribution in [2.75, 3.05) is 31.1 Å². The lowest BCUT2D eigenvalue weighted by molar-refractivity contribution is 0.142. The van der Waals surface area contributed by atoms with E-state index in [1.54, 1.807) is 16.9 Å². The number of carboxylic acid groups (broad SMARTS) is 1. The van der Waals surface area contributed by atoms with Crippen LogP contribution in [0.15, 0.2) is 43.0 Å². The van der Waals surface area contributed by atoms with Crippen molar-refractivity contribution in [1.29, 1.82) is 5.26 Å². The van der Waals surface area contributed by atoms with Crippen LogP contribution in [-0.4, -0.2) is 66.7 Å². The number of pyridine rings is 2. The number of hydrogen-bond acceptors (Lipinski definition) is 6. The third-order valence-corrected chi connectivity index (χ3v) is 6.25. The average molecular weight is 457 g/mol. The minimum atomic E-state index is -0.888. The summed E-state index contributed by atoms with van der Waals surface area (Å²) >= 11 is 0. The Bertz CT molecular complexity index is 1410. The molecule has 1 aliphatic rings. The number of anilines is 1. The summed E-state index contributed by atoms with van der Waals surface area (Å²) in [6.45, 7) is 6.91. The van der Waals surface area contributed by atoms with Gasteiger partial charge >= 0.3 is 6.09 Å². The second-order valence-electron chi connectivity index (χ2n) is 8.25. The Morgan fingerprint density at radius 2 is 1.91 bits per heavy atom. The molecule has 4 aromatic rings. The third-order valence-electron chi connectivity index (χ3n) is 6.25. The van der Waals surface area contributed by atoms with Crippen LogP contribution >= 0.6 is 0 Å². The summed E-state index contributed by atoms with van der Waals surface area (Å²) in [6, 6.07) is 8.23. The largest absolute Gasteiger partial charge is 0.465 e. The fraction of sp³-hybridized carbons (Fsp3) is 0.292. The minimum absolute atomic E-state index is 0.452. The van der Waals surface area contributed by atoms with Crippen molar-refractivity contribution in [2.45, 2.75) is 20.4 Å².